The van der Waals surface area contributed by atoms with E-state index < -0.39 is 6.09 Å². The first kappa shape index (κ1) is 26.7. The average Bonchev–Trinajstić information content (AvgIpc) is 3.50. The van der Waals surface area contributed by atoms with E-state index >= 15 is 0 Å². The van der Waals surface area contributed by atoms with Crippen molar-refractivity contribution in [3.63, 3.8) is 0 Å². The van der Waals surface area contributed by atoms with Gasteiger partial charge in [0.15, 0.2) is 0 Å². The van der Waals surface area contributed by atoms with E-state index in [0.717, 1.165) is 50.2 Å². The number of allylic oxidation sites excluding steroid dienone is 1. The molecule has 5 rings (SSSR count). The maximum atomic E-state index is 12.4. The van der Waals surface area contributed by atoms with Crippen LogP contribution in [0.1, 0.15) is 85.0 Å². The number of aliphatic hydroxyl groups excluding tert-OH is 1. The number of carbonyl (C=O) groups excluding carboxylic acids is 2. The number of amides is 2. The highest BCUT2D eigenvalue weighted by Gasteiger charge is 2.59. The van der Waals surface area contributed by atoms with Crippen molar-refractivity contribution in [2.24, 2.45) is 39.7 Å². The van der Waals surface area contributed by atoms with Crippen LogP contribution in [0.15, 0.2) is 16.8 Å². The van der Waals surface area contributed by atoms with Crippen LogP contribution in [0, 0.1) is 34.5 Å². The number of nitrogens with one attached hydrogen (secondary N) is 3. The van der Waals surface area contributed by atoms with E-state index in [0.29, 0.717) is 24.3 Å². The molecule has 0 aromatic heterocycles. The molecule has 4 fully saturated rings. The van der Waals surface area contributed by atoms with Gasteiger partial charge in [-0.25, -0.2) is 4.79 Å². The van der Waals surface area contributed by atoms with Crippen LogP contribution in [-0.2, 0) is 9.63 Å². The molecule has 2 amide bonds. The molecule has 1 saturated heterocycles. The summed E-state index contributed by atoms with van der Waals surface area (Å²) in [6.07, 6.45) is 12.1. The summed E-state index contributed by atoms with van der Waals surface area (Å²) in [4.78, 5) is 29.4. The molecular formula is C29H46N4O4. The van der Waals surface area contributed by atoms with Gasteiger partial charge < -0.3 is 21.1 Å². The summed E-state index contributed by atoms with van der Waals surface area (Å²) in [6, 6.07) is -0.136. The highest BCUT2D eigenvalue weighted by Crippen LogP contribution is 2.66. The number of hydrogen-bond donors (Lipinski definition) is 4. The molecule has 1 aliphatic heterocycles. The summed E-state index contributed by atoms with van der Waals surface area (Å²) in [5.74, 6) is 2.45. The Morgan fingerprint density at radius 1 is 1.11 bits per heavy atom. The van der Waals surface area contributed by atoms with Crippen molar-refractivity contribution in [1.29, 1.82) is 0 Å². The number of carbonyl (C=O) groups is 2. The third-order valence-electron chi connectivity index (χ3n) is 11.2. The van der Waals surface area contributed by atoms with E-state index in [1.165, 1.54) is 31.3 Å². The van der Waals surface area contributed by atoms with Crippen LogP contribution in [0.3, 0.4) is 0 Å². The Morgan fingerprint density at radius 2 is 1.92 bits per heavy atom. The van der Waals surface area contributed by atoms with Crippen molar-refractivity contribution >= 4 is 17.7 Å². The number of aliphatic hydroxyl groups is 1. The second kappa shape index (κ2) is 10.3. The van der Waals surface area contributed by atoms with Crippen LogP contribution in [0.4, 0.5) is 4.79 Å². The van der Waals surface area contributed by atoms with Gasteiger partial charge in [0.2, 0.25) is 5.91 Å². The van der Waals surface area contributed by atoms with E-state index in [1.807, 2.05) is 6.92 Å². The molecule has 8 nitrogen and oxygen atoms in total. The summed E-state index contributed by atoms with van der Waals surface area (Å²) in [7, 11) is 1.64. The van der Waals surface area contributed by atoms with Gasteiger partial charge >= 0.3 is 6.09 Å². The van der Waals surface area contributed by atoms with Gasteiger partial charge in [0.05, 0.1) is 17.9 Å². The van der Waals surface area contributed by atoms with Crippen LogP contribution < -0.4 is 16.0 Å². The van der Waals surface area contributed by atoms with Gasteiger partial charge in [-0.05, 0) is 99.7 Å². The second-order valence-electron chi connectivity index (χ2n) is 12.9. The number of fused-ring (bicyclic) bond motifs is 5. The Hall–Kier alpha value is -1.93. The van der Waals surface area contributed by atoms with Crippen molar-refractivity contribution < 1.29 is 19.5 Å². The first-order valence-electron chi connectivity index (χ1n) is 14.5. The third-order valence-corrected chi connectivity index (χ3v) is 11.2. The molecule has 206 valence electrons. The molecule has 5 aliphatic rings. The first-order chi connectivity index (χ1) is 17.7. The van der Waals surface area contributed by atoms with Crippen molar-refractivity contribution in [2.45, 2.75) is 103 Å². The average molecular weight is 515 g/mol. The zero-order valence-corrected chi connectivity index (χ0v) is 23.0. The van der Waals surface area contributed by atoms with Gasteiger partial charge in [-0.2, -0.15) is 0 Å². The molecule has 2 unspecified atom stereocenters. The number of hydrogen-bond acceptors (Lipinski definition) is 6. The van der Waals surface area contributed by atoms with E-state index in [4.69, 9.17) is 4.84 Å². The number of oxime groups is 1. The molecule has 8 heteroatoms. The number of nitrogens with zero attached hydrogens (tertiary/aromatic N) is 1. The second-order valence-corrected chi connectivity index (χ2v) is 12.9. The molecule has 0 bridgehead atoms. The van der Waals surface area contributed by atoms with Crippen molar-refractivity contribution in [2.75, 3.05) is 13.6 Å². The maximum absolute atomic E-state index is 12.4. The predicted molar refractivity (Wildman–Crippen MR) is 143 cm³/mol. The first-order valence-corrected chi connectivity index (χ1v) is 14.5. The molecule has 0 aromatic rings. The molecule has 0 aromatic carbocycles. The summed E-state index contributed by atoms with van der Waals surface area (Å²) < 4.78 is 0. The smallest absolute Gasteiger partial charge is 0.389 e. The molecule has 3 saturated carbocycles. The van der Waals surface area contributed by atoms with Gasteiger partial charge in [0, 0.05) is 25.6 Å². The predicted octanol–water partition coefficient (Wildman–Crippen LogP) is 3.90. The Labute approximate surface area is 221 Å². The van der Waals surface area contributed by atoms with Gasteiger partial charge in [0.1, 0.15) is 0 Å². The largest absolute Gasteiger partial charge is 0.433 e. The lowest BCUT2D eigenvalue weighted by Crippen LogP contribution is -2.51. The lowest BCUT2D eigenvalue weighted by atomic mass is 9.46. The lowest BCUT2D eigenvalue weighted by Gasteiger charge is -2.58. The van der Waals surface area contributed by atoms with Gasteiger partial charge in [0.25, 0.3) is 0 Å². The Morgan fingerprint density at radius 3 is 2.70 bits per heavy atom. The summed E-state index contributed by atoms with van der Waals surface area (Å²) >= 11 is 0. The number of rotatable bonds is 5. The molecule has 1 heterocycles. The Bertz CT molecular complexity index is 966. The minimum absolute atomic E-state index is 0.0144. The summed E-state index contributed by atoms with van der Waals surface area (Å²) in [5, 5.41) is 23.3. The minimum atomic E-state index is -0.535. The van der Waals surface area contributed by atoms with E-state index in [2.05, 4.69) is 41.0 Å². The van der Waals surface area contributed by atoms with Crippen molar-refractivity contribution in [1.82, 2.24) is 16.0 Å². The third kappa shape index (κ3) is 4.84. The highest BCUT2D eigenvalue weighted by atomic mass is 16.7. The molecule has 9 atom stereocenters. The molecule has 37 heavy (non-hydrogen) atoms. The normalized spacial score (nSPS) is 43.2. The topological polar surface area (TPSA) is 112 Å². The number of likely N-dealkylation sites (N-methyl/N-ethyl adjacent to an activating group) is 1. The SMILES string of the molecule is CNC(=O)C1CCC(CNC(=O)O/N=C(\C)[C@H]2CC[C@H]3[C@@H]4CCC5=C[C@H](O)CC[C@]5(C)[C@H]4CC[C@]23C)N1. The summed E-state index contributed by atoms with van der Waals surface area (Å²) in [5.41, 5.74) is 2.89. The van der Waals surface area contributed by atoms with Crippen molar-refractivity contribution in [3.05, 3.63) is 11.6 Å². The fourth-order valence-electron chi connectivity index (χ4n) is 9.17. The zero-order chi connectivity index (χ0) is 26.4. The monoisotopic (exact) mass is 514 g/mol. The standard InChI is InChI=1S/C29H46N4O4/c1-17(33-37-27(36)31-16-19-6-10-25(32-19)26(35)30-4)22-8-9-23-21-7-5-18-15-20(34)11-13-28(18,2)24(21)12-14-29(22,23)3/h15,19-25,32,34H,5-14,16H2,1-4H3,(H,30,35)(H,31,36)/b33-17+/t19?,20-,21+,22-,23+,24+,25?,28+,29-/m1/s1. The van der Waals surface area contributed by atoms with Crippen molar-refractivity contribution in [3.8, 4) is 0 Å². The van der Waals surface area contributed by atoms with E-state index in [9.17, 15) is 14.7 Å². The van der Waals surface area contributed by atoms with Gasteiger partial charge in [-0.1, -0.05) is 30.7 Å². The Kier molecular flexibility index (Phi) is 7.44. The fraction of sp³-hybridized carbons (Fsp3) is 0.828. The van der Waals surface area contributed by atoms with Crippen LogP contribution in [0.25, 0.3) is 0 Å². The van der Waals surface area contributed by atoms with E-state index in [1.54, 1.807) is 7.05 Å². The zero-order valence-electron chi connectivity index (χ0n) is 23.0. The van der Waals surface area contributed by atoms with Crippen LogP contribution in [0.5, 0.6) is 0 Å². The lowest BCUT2D eigenvalue weighted by molar-refractivity contribution is -0.122. The molecule has 0 radical (unpaired) electrons. The van der Waals surface area contributed by atoms with Crippen LogP contribution in [-0.4, -0.2) is 54.6 Å². The Balaban J connectivity index is 1.17. The minimum Gasteiger partial charge on any atom is -0.389 e. The molecule has 4 N–H and O–H groups in total. The maximum Gasteiger partial charge on any atom is 0.433 e. The van der Waals surface area contributed by atoms with Crippen LogP contribution >= 0.6 is 0 Å². The van der Waals surface area contributed by atoms with E-state index in [-0.39, 0.29) is 34.9 Å². The summed E-state index contributed by atoms with van der Waals surface area (Å²) in [6.45, 7) is 7.36. The van der Waals surface area contributed by atoms with Gasteiger partial charge in [-0.3, -0.25) is 9.63 Å². The molecule has 0 spiro atoms. The molecular weight excluding hydrogens is 468 g/mol. The van der Waals surface area contributed by atoms with Gasteiger partial charge in [-0.15, -0.1) is 0 Å². The molecule has 4 aliphatic carbocycles. The highest BCUT2D eigenvalue weighted by molar-refractivity contribution is 5.85. The quantitative estimate of drug-likeness (QED) is 0.192. The van der Waals surface area contributed by atoms with Crippen LogP contribution in [0.2, 0.25) is 0 Å². The fourth-order valence-corrected chi connectivity index (χ4v) is 9.17.